The average Bonchev–Trinajstić information content (AvgIpc) is 3.24. The molecule has 1 aromatic heterocycles. The van der Waals surface area contributed by atoms with Crippen LogP contribution in [0.4, 0.5) is 0 Å². The molecule has 29 heavy (non-hydrogen) atoms. The molecule has 158 valence electrons. The highest BCUT2D eigenvalue weighted by Crippen LogP contribution is 2.24. The minimum Gasteiger partial charge on any atom is -0.467 e. The van der Waals surface area contributed by atoms with Crippen LogP contribution in [0, 0.1) is 6.92 Å². The van der Waals surface area contributed by atoms with E-state index in [2.05, 4.69) is 0 Å². The van der Waals surface area contributed by atoms with Crippen LogP contribution in [0.15, 0.2) is 45.9 Å². The summed E-state index contributed by atoms with van der Waals surface area (Å²) < 4.78 is 38.1. The number of hydrogen-bond acceptors (Lipinski definition) is 5. The molecule has 1 aliphatic rings. The number of nitrogens with zero attached hydrogens (tertiary/aromatic N) is 2. The highest BCUT2D eigenvalue weighted by atomic mass is 32.2. The number of carbonyl (C=O) groups excluding carboxylic acids is 1. The van der Waals surface area contributed by atoms with Crippen LogP contribution in [0.3, 0.4) is 0 Å². The van der Waals surface area contributed by atoms with Crippen molar-refractivity contribution in [2.24, 2.45) is 0 Å². The molecule has 1 aromatic carbocycles. The van der Waals surface area contributed by atoms with Gasteiger partial charge in [0.15, 0.2) is 0 Å². The third kappa shape index (κ3) is 5.07. The standard InChI is InChI=1S/C21H28N2O5S/c1-17-8-9-19(29(25,26)23-10-4-3-5-11-23)15-20(17)21(24)22(12-14-27-2)16-18-7-6-13-28-18/h6-9,13,15H,3-5,10-12,14,16H2,1-2H3. The number of rotatable bonds is 8. The molecule has 8 heteroatoms. The molecule has 0 aliphatic carbocycles. The van der Waals surface area contributed by atoms with Crippen molar-refractivity contribution in [1.82, 2.24) is 9.21 Å². The summed E-state index contributed by atoms with van der Waals surface area (Å²) in [5.74, 6) is 0.413. The monoisotopic (exact) mass is 420 g/mol. The number of methoxy groups -OCH3 is 1. The molecule has 1 fully saturated rings. The van der Waals surface area contributed by atoms with E-state index in [1.807, 2.05) is 6.92 Å². The maximum Gasteiger partial charge on any atom is 0.254 e. The van der Waals surface area contributed by atoms with Gasteiger partial charge in [-0.3, -0.25) is 4.79 Å². The Kier molecular flexibility index (Phi) is 7.10. The summed E-state index contributed by atoms with van der Waals surface area (Å²) in [4.78, 5) is 15.1. The molecule has 1 aliphatic heterocycles. The predicted octanol–water partition coefficient (Wildman–Crippen LogP) is 3.05. The van der Waals surface area contributed by atoms with E-state index in [0.29, 0.717) is 37.6 Å². The lowest BCUT2D eigenvalue weighted by Crippen LogP contribution is -2.36. The van der Waals surface area contributed by atoms with Gasteiger partial charge in [0.2, 0.25) is 10.0 Å². The zero-order valence-electron chi connectivity index (χ0n) is 17.0. The first-order valence-electron chi connectivity index (χ1n) is 9.85. The van der Waals surface area contributed by atoms with Crippen LogP contribution in [0.1, 0.15) is 40.9 Å². The lowest BCUT2D eigenvalue weighted by atomic mass is 10.1. The van der Waals surface area contributed by atoms with E-state index in [-0.39, 0.29) is 17.3 Å². The number of piperidine rings is 1. The number of hydrogen-bond donors (Lipinski definition) is 0. The SMILES string of the molecule is COCCN(Cc1ccco1)C(=O)c1cc(S(=O)(=O)N2CCCCC2)ccc1C. The number of aryl methyl sites for hydroxylation is 1. The van der Waals surface area contributed by atoms with Gasteiger partial charge in [-0.05, 0) is 49.6 Å². The molecule has 2 heterocycles. The Bertz CT molecular complexity index is 919. The number of furan rings is 1. The van der Waals surface area contributed by atoms with Crippen LogP contribution in [0.25, 0.3) is 0 Å². The normalized spacial score (nSPS) is 15.4. The summed E-state index contributed by atoms with van der Waals surface area (Å²) >= 11 is 0. The molecule has 0 spiro atoms. The summed E-state index contributed by atoms with van der Waals surface area (Å²) in [7, 11) is -2.03. The van der Waals surface area contributed by atoms with Crippen molar-refractivity contribution in [3.63, 3.8) is 0 Å². The molecule has 1 saturated heterocycles. The van der Waals surface area contributed by atoms with E-state index in [1.165, 1.54) is 10.4 Å². The van der Waals surface area contributed by atoms with Crippen molar-refractivity contribution in [3.05, 3.63) is 53.5 Å². The largest absolute Gasteiger partial charge is 0.467 e. The van der Waals surface area contributed by atoms with Gasteiger partial charge in [-0.15, -0.1) is 0 Å². The van der Waals surface area contributed by atoms with Crippen molar-refractivity contribution in [2.45, 2.75) is 37.6 Å². The molecule has 0 atom stereocenters. The Balaban J connectivity index is 1.89. The Labute approximate surface area is 172 Å². The number of amides is 1. The van der Waals surface area contributed by atoms with Gasteiger partial charge >= 0.3 is 0 Å². The first-order valence-corrected chi connectivity index (χ1v) is 11.3. The second-order valence-electron chi connectivity index (χ2n) is 7.24. The lowest BCUT2D eigenvalue weighted by Gasteiger charge is -2.26. The van der Waals surface area contributed by atoms with Gasteiger partial charge in [-0.2, -0.15) is 4.31 Å². The first kappa shape index (κ1) is 21.5. The maximum atomic E-state index is 13.3. The molecule has 0 bridgehead atoms. The minimum atomic E-state index is -3.61. The summed E-state index contributed by atoms with van der Waals surface area (Å²) in [6.45, 7) is 3.90. The Morgan fingerprint density at radius 3 is 2.62 bits per heavy atom. The summed E-state index contributed by atoms with van der Waals surface area (Å²) in [5, 5.41) is 0. The number of sulfonamides is 1. The quantitative estimate of drug-likeness (QED) is 0.656. The zero-order chi connectivity index (χ0) is 20.9. The van der Waals surface area contributed by atoms with Crippen LogP contribution in [0.2, 0.25) is 0 Å². The van der Waals surface area contributed by atoms with E-state index in [0.717, 1.165) is 24.8 Å². The fourth-order valence-corrected chi connectivity index (χ4v) is 5.01. The molecule has 2 aromatic rings. The van der Waals surface area contributed by atoms with Crippen molar-refractivity contribution in [2.75, 3.05) is 33.4 Å². The zero-order valence-corrected chi connectivity index (χ0v) is 17.8. The second-order valence-corrected chi connectivity index (χ2v) is 9.18. The average molecular weight is 421 g/mol. The number of ether oxygens (including phenoxy) is 1. The second kappa shape index (κ2) is 9.56. The summed E-state index contributed by atoms with van der Waals surface area (Å²) in [5.41, 5.74) is 1.11. The van der Waals surface area contributed by atoms with Gasteiger partial charge in [-0.25, -0.2) is 8.42 Å². The number of carbonyl (C=O) groups is 1. The molecule has 3 rings (SSSR count). The van der Waals surface area contributed by atoms with Crippen LogP contribution in [0.5, 0.6) is 0 Å². The topological polar surface area (TPSA) is 80.1 Å². The molecule has 0 saturated carbocycles. The molecule has 0 radical (unpaired) electrons. The van der Waals surface area contributed by atoms with E-state index in [1.54, 1.807) is 42.5 Å². The fraction of sp³-hybridized carbons (Fsp3) is 0.476. The Hall–Kier alpha value is -2.16. The summed E-state index contributed by atoms with van der Waals surface area (Å²) in [6.07, 6.45) is 4.34. The van der Waals surface area contributed by atoms with Gasteiger partial charge in [0.25, 0.3) is 5.91 Å². The van der Waals surface area contributed by atoms with Gasteiger partial charge in [0, 0.05) is 32.3 Å². The first-order chi connectivity index (χ1) is 13.9. The van der Waals surface area contributed by atoms with Crippen molar-refractivity contribution >= 4 is 15.9 Å². The van der Waals surface area contributed by atoms with E-state index < -0.39 is 10.0 Å². The highest BCUT2D eigenvalue weighted by molar-refractivity contribution is 7.89. The van der Waals surface area contributed by atoms with Gasteiger partial charge in [0.1, 0.15) is 5.76 Å². The van der Waals surface area contributed by atoms with E-state index in [9.17, 15) is 13.2 Å². The lowest BCUT2D eigenvalue weighted by molar-refractivity contribution is 0.0665. The van der Waals surface area contributed by atoms with E-state index in [4.69, 9.17) is 9.15 Å². The van der Waals surface area contributed by atoms with Gasteiger partial charge < -0.3 is 14.1 Å². The molecule has 7 nitrogen and oxygen atoms in total. The van der Waals surface area contributed by atoms with E-state index >= 15 is 0 Å². The van der Waals surface area contributed by atoms with Crippen LogP contribution in [-0.2, 0) is 21.3 Å². The van der Waals surface area contributed by atoms with Gasteiger partial charge in [-0.1, -0.05) is 12.5 Å². The third-order valence-corrected chi connectivity index (χ3v) is 7.07. The third-order valence-electron chi connectivity index (χ3n) is 5.17. The van der Waals surface area contributed by atoms with Crippen molar-refractivity contribution < 1.29 is 22.4 Å². The maximum absolute atomic E-state index is 13.3. The van der Waals surface area contributed by atoms with Crippen molar-refractivity contribution in [1.29, 1.82) is 0 Å². The summed E-state index contributed by atoms with van der Waals surface area (Å²) in [6, 6.07) is 8.36. The van der Waals surface area contributed by atoms with Crippen LogP contribution < -0.4 is 0 Å². The van der Waals surface area contributed by atoms with Gasteiger partial charge in [0.05, 0.1) is 24.3 Å². The minimum absolute atomic E-state index is 0.165. The van der Waals surface area contributed by atoms with Crippen LogP contribution >= 0.6 is 0 Å². The smallest absolute Gasteiger partial charge is 0.254 e. The molecule has 1 amide bonds. The molecule has 0 N–H and O–H groups in total. The highest BCUT2D eigenvalue weighted by Gasteiger charge is 2.28. The van der Waals surface area contributed by atoms with Crippen molar-refractivity contribution in [3.8, 4) is 0 Å². The molecular formula is C21H28N2O5S. The number of benzene rings is 1. The predicted molar refractivity (Wildman–Crippen MR) is 109 cm³/mol. The molecule has 0 unspecified atom stereocenters. The Morgan fingerprint density at radius 2 is 1.97 bits per heavy atom. The van der Waals surface area contributed by atoms with Crippen LogP contribution in [-0.4, -0.2) is 56.9 Å². The Morgan fingerprint density at radius 1 is 1.21 bits per heavy atom. The fourth-order valence-electron chi connectivity index (χ4n) is 3.46. The molecular weight excluding hydrogens is 392 g/mol.